The third-order valence-electron chi connectivity index (χ3n) is 2.99. The highest BCUT2D eigenvalue weighted by molar-refractivity contribution is 6.32. The molecule has 0 aliphatic carbocycles. The van der Waals surface area contributed by atoms with Crippen LogP contribution in [0.2, 0.25) is 5.02 Å². The fourth-order valence-electron chi connectivity index (χ4n) is 2.08. The minimum absolute atomic E-state index is 0. The molecule has 1 aliphatic rings. The first kappa shape index (κ1) is 17.0. The number of ether oxygens (including phenoxy) is 1. The van der Waals surface area contributed by atoms with Gasteiger partial charge in [-0.25, -0.2) is 4.98 Å². The molecule has 1 amide bonds. The number of aromatic nitrogens is 1. The number of hydrogen-bond acceptors (Lipinski definition) is 4. The van der Waals surface area contributed by atoms with E-state index in [9.17, 15) is 4.79 Å². The number of nitrogens with one attached hydrogen (secondary N) is 1. The Labute approximate surface area is 130 Å². The summed E-state index contributed by atoms with van der Waals surface area (Å²) >= 11 is 6.05. The first-order valence-electron chi connectivity index (χ1n) is 6.42. The summed E-state index contributed by atoms with van der Waals surface area (Å²) in [5.74, 6) is 0.334. The van der Waals surface area contributed by atoms with E-state index in [2.05, 4.69) is 17.2 Å². The van der Waals surface area contributed by atoms with Crippen molar-refractivity contribution in [2.45, 2.75) is 19.9 Å². The number of carbonyl (C=O) groups excluding carboxylic acids is 1. The second kappa shape index (κ2) is 7.67. The molecule has 0 bridgehead atoms. The maximum absolute atomic E-state index is 12.3. The second-order valence-electron chi connectivity index (χ2n) is 4.55. The molecule has 0 saturated carbocycles. The van der Waals surface area contributed by atoms with Crippen molar-refractivity contribution in [2.75, 3.05) is 26.2 Å². The van der Waals surface area contributed by atoms with E-state index >= 15 is 0 Å². The zero-order valence-corrected chi connectivity index (χ0v) is 13.1. The Hall–Kier alpha value is -1.04. The molecule has 7 heteroatoms. The van der Waals surface area contributed by atoms with E-state index in [0.29, 0.717) is 42.2 Å². The average molecular weight is 320 g/mol. The van der Waals surface area contributed by atoms with Gasteiger partial charge in [0.05, 0.1) is 12.2 Å². The molecule has 2 rings (SSSR count). The Morgan fingerprint density at radius 2 is 2.40 bits per heavy atom. The second-order valence-corrected chi connectivity index (χ2v) is 4.96. The van der Waals surface area contributed by atoms with Gasteiger partial charge in [0.1, 0.15) is 5.02 Å². The SMILES string of the molecule is CCOc1ncc(C(=O)N2CCN[C@H](C)C2)cc1Cl.Cl. The number of amides is 1. The molecular weight excluding hydrogens is 301 g/mol. The van der Waals surface area contributed by atoms with Crippen molar-refractivity contribution in [3.63, 3.8) is 0 Å². The Morgan fingerprint density at radius 1 is 1.65 bits per heavy atom. The molecule has 1 saturated heterocycles. The molecule has 5 nitrogen and oxygen atoms in total. The van der Waals surface area contributed by atoms with Gasteiger partial charge < -0.3 is 15.0 Å². The van der Waals surface area contributed by atoms with E-state index in [1.54, 1.807) is 6.07 Å². The van der Waals surface area contributed by atoms with E-state index < -0.39 is 0 Å². The zero-order chi connectivity index (χ0) is 13.8. The lowest BCUT2D eigenvalue weighted by Gasteiger charge is -2.31. The largest absolute Gasteiger partial charge is 0.477 e. The van der Waals surface area contributed by atoms with Crippen LogP contribution in [0.15, 0.2) is 12.3 Å². The van der Waals surface area contributed by atoms with Crippen LogP contribution in [0.3, 0.4) is 0 Å². The molecule has 2 heterocycles. The van der Waals surface area contributed by atoms with E-state index in [1.807, 2.05) is 11.8 Å². The van der Waals surface area contributed by atoms with Crippen LogP contribution in [0.25, 0.3) is 0 Å². The molecule has 0 aromatic carbocycles. The molecule has 1 aromatic rings. The fourth-order valence-corrected chi connectivity index (χ4v) is 2.31. The quantitative estimate of drug-likeness (QED) is 0.925. The molecule has 1 N–H and O–H groups in total. The molecule has 1 fully saturated rings. The molecule has 1 atom stereocenters. The number of carbonyl (C=O) groups is 1. The Balaban J connectivity index is 0.00000200. The number of hydrogen-bond donors (Lipinski definition) is 1. The summed E-state index contributed by atoms with van der Waals surface area (Å²) in [6, 6.07) is 1.93. The van der Waals surface area contributed by atoms with Crippen molar-refractivity contribution in [3.05, 3.63) is 22.8 Å². The molecular formula is C13H19Cl2N3O2. The minimum atomic E-state index is -0.0363. The van der Waals surface area contributed by atoms with E-state index in [-0.39, 0.29) is 18.3 Å². The smallest absolute Gasteiger partial charge is 0.255 e. The lowest BCUT2D eigenvalue weighted by atomic mass is 10.2. The van der Waals surface area contributed by atoms with Crippen LogP contribution in [-0.4, -0.2) is 48.1 Å². The van der Waals surface area contributed by atoms with Gasteiger partial charge >= 0.3 is 0 Å². The summed E-state index contributed by atoms with van der Waals surface area (Å²) in [5.41, 5.74) is 0.502. The van der Waals surface area contributed by atoms with Crippen LogP contribution in [0, 0.1) is 0 Å². The summed E-state index contributed by atoms with van der Waals surface area (Å²) in [5, 5.41) is 3.67. The van der Waals surface area contributed by atoms with Crippen molar-refractivity contribution in [1.29, 1.82) is 0 Å². The van der Waals surface area contributed by atoms with Crippen LogP contribution in [0.1, 0.15) is 24.2 Å². The van der Waals surface area contributed by atoms with Crippen LogP contribution in [-0.2, 0) is 0 Å². The van der Waals surface area contributed by atoms with E-state index in [4.69, 9.17) is 16.3 Å². The molecule has 0 radical (unpaired) electrons. The maximum Gasteiger partial charge on any atom is 0.255 e. The van der Waals surface area contributed by atoms with Gasteiger partial charge in [-0.2, -0.15) is 0 Å². The van der Waals surface area contributed by atoms with Gasteiger partial charge in [0.2, 0.25) is 5.88 Å². The highest BCUT2D eigenvalue weighted by Crippen LogP contribution is 2.23. The normalized spacial score (nSPS) is 18.4. The molecule has 0 unspecified atom stereocenters. The van der Waals surface area contributed by atoms with Gasteiger partial charge in [0.15, 0.2) is 0 Å². The molecule has 1 aromatic heterocycles. The minimum Gasteiger partial charge on any atom is -0.477 e. The number of rotatable bonds is 3. The molecule has 1 aliphatic heterocycles. The molecule has 0 spiro atoms. The number of nitrogens with zero attached hydrogens (tertiary/aromatic N) is 2. The van der Waals surface area contributed by atoms with Crippen LogP contribution in [0.4, 0.5) is 0 Å². The van der Waals surface area contributed by atoms with Gasteiger partial charge in [0.25, 0.3) is 5.91 Å². The Kier molecular flexibility index (Phi) is 6.52. The van der Waals surface area contributed by atoms with E-state index in [1.165, 1.54) is 6.20 Å². The first-order chi connectivity index (χ1) is 9.11. The topological polar surface area (TPSA) is 54.5 Å². The van der Waals surface area contributed by atoms with E-state index in [0.717, 1.165) is 6.54 Å². The van der Waals surface area contributed by atoms with Crippen molar-refractivity contribution >= 4 is 29.9 Å². The van der Waals surface area contributed by atoms with Crippen LogP contribution < -0.4 is 10.1 Å². The summed E-state index contributed by atoms with van der Waals surface area (Å²) < 4.78 is 5.26. The fraction of sp³-hybridized carbons (Fsp3) is 0.538. The van der Waals surface area contributed by atoms with Crippen molar-refractivity contribution in [1.82, 2.24) is 15.2 Å². The number of piperazine rings is 1. The monoisotopic (exact) mass is 319 g/mol. The van der Waals surface area contributed by atoms with Crippen molar-refractivity contribution < 1.29 is 9.53 Å². The molecule has 112 valence electrons. The average Bonchev–Trinajstić information content (AvgIpc) is 2.40. The standard InChI is InChI=1S/C13H18ClN3O2.ClH/c1-3-19-12-11(14)6-10(7-16-12)13(18)17-5-4-15-9(2)8-17;/h6-7,9,15H,3-5,8H2,1-2H3;1H/t9-;/m1./s1. The van der Waals surface area contributed by atoms with Gasteiger partial charge in [0, 0.05) is 31.9 Å². The molecule has 20 heavy (non-hydrogen) atoms. The number of halogens is 2. The highest BCUT2D eigenvalue weighted by atomic mass is 35.5. The third kappa shape index (κ3) is 3.98. The van der Waals surface area contributed by atoms with Crippen LogP contribution >= 0.6 is 24.0 Å². The van der Waals surface area contributed by atoms with Crippen LogP contribution in [0.5, 0.6) is 5.88 Å². The van der Waals surface area contributed by atoms with Crippen molar-refractivity contribution in [2.24, 2.45) is 0 Å². The summed E-state index contributed by atoms with van der Waals surface area (Å²) in [6.45, 7) is 6.63. The van der Waals surface area contributed by atoms with Crippen molar-refractivity contribution in [3.8, 4) is 5.88 Å². The Morgan fingerprint density at radius 3 is 3.00 bits per heavy atom. The third-order valence-corrected chi connectivity index (χ3v) is 3.26. The predicted molar refractivity (Wildman–Crippen MR) is 81.0 cm³/mol. The summed E-state index contributed by atoms with van der Waals surface area (Å²) in [7, 11) is 0. The highest BCUT2D eigenvalue weighted by Gasteiger charge is 2.22. The first-order valence-corrected chi connectivity index (χ1v) is 6.80. The predicted octanol–water partition coefficient (Wildman–Crippen LogP) is 1.99. The Bertz CT molecular complexity index is 471. The lowest BCUT2D eigenvalue weighted by molar-refractivity contribution is 0.0708. The van der Waals surface area contributed by atoms with Gasteiger partial charge in [-0.05, 0) is 19.9 Å². The summed E-state index contributed by atoms with van der Waals surface area (Å²) in [6.07, 6.45) is 1.52. The van der Waals surface area contributed by atoms with Gasteiger partial charge in [-0.15, -0.1) is 12.4 Å². The summed E-state index contributed by atoms with van der Waals surface area (Å²) in [4.78, 5) is 18.2. The zero-order valence-electron chi connectivity index (χ0n) is 11.6. The van der Waals surface area contributed by atoms with Gasteiger partial charge in [-0.1, -0.05) is 11.6 Å². The number of pyridine rings is 1. The lowest BCUT2D eigenvalue weighted by Crippen LogP contribution is -2.51. The van der Waals surface area contributed by atoms with Gasteiger partial charge in [-0.3, -0.25) is 4.79 Å². The maximum atomic E-state index is 12.3.